The third-order valence-electron chi connectivity index (χ3n) is 2.62. The number of carbonyl (C=O) groups is 1. The van der Waals surface area contributed by atoms with E-state index in [9.17, 15) is 9.18 Å². The highest BCUT2D eigenvalue weighted by Gasteiger charge is 2.18. The van der Waals surface area contributed by atoms with Gasteiger partial charge in [0.15, 0.2) is 0 Å². The van der Waals surface area contributed by atoms with Crippen LogP contribution < -0.4 is 9.47 Å². The lowest BCUT2D eigenvalue weighted by molar-refractivity contribution is 0.0692. The first kappa shape index (κ1) is 15.9. The molecule has 0 fully saturated rings. The summed E-state index contributed by atoms with van der Waals surface area (Å²) in [5.41, 5.74) is -0.0327. The van der Waals surface area contributed by atoms with Gasteiger partial charge in [-0.25, -0.2) is 19.2 Å². The minimum Gasteiger partial charge on any atom is -0.478 e. The molecule has 7 heteroatoms. The highest BCUT2D eigenvalue weighted by Crippen LogP contribution is 2.28. The van der Waals surface area contributed by atoms with Crippen LogP contribution in [0.3, 0.4) is 0 Å². The summed E-state index contributed by atoms with van der Waals surface area (Å²) in [6.45, 7) is 7.27. The molecule has 0 aliphatic carbocycles. The SMILES string of the molecule is CC(C)Oc1nc2cc(F)c(C(=O)O)cc2nc1OC(C)C. The number of halogens is 1. The summed E-state index contributed by atoms with van der Waals surface area (Å²) in [4.78, 5) is 19.4. The molecule has 1 aromatic carbocycles. The molecule has 0 aliphatic heterocycles. The molecule has 0 spiro atoms. The van der Waals surface area contributed by atoms with Crippen molar-refractivity contribution in [3.05, 3.63) is 23.5 Å². The average molecular weight is 308 g/mol. The molecule has 0 saturated heterocycles. The lowest BCUT2D eigenvalue weighted by atomic mass is 10.2. The molecular weight excluding hydrogens is 291 g/mol. The lowest BCUT2D eigenvalue weighted by Crippen LogP contribution is -2.13. The molecule has 6 nitrogen and oxygen atoms in total. The Hall–Kier alpha value is -2.44. The minimum atomic E-state index is -1.37. The number of benzene rings is 1. The highest BCUT2D eigenvalue weighted by atomic mass is 19.1. The quantitative estimate of drug-likeness (QED) is 0.914. The fourth-order valence-corrected chi connectivity index (χ4v) is 1.81. The van der Waals surface area contributed by atoms with Crippen LogP contribution in [-0.4, -0.2) is 33.3 Å². The van der Waals surface area contributed by atoms with Crippen LogP contribution in [-0.2, 0) is 0 Å². The van der Waals surface area contributed by atoms with Crippen molar-refractivity contribution >= 4 is 17.0 Å². The van der Waals surface area contributed by atoms with E-state index in [4.69, 9.17) is 14.6 Å². The Morgan fingerprint density at radius 3 is 1.91 bits per heavy atom. The van der Waals surface area contributed by atoms with Gasteiger partial charge in [0, 0.05) is 6.07 Å². The van der Waals surface area contributed by atoms with E-state index in [1.54, 1.807) is 0 Å². The standard InChI is InChI=1S/C15H17FN2O4/c1-7(2)21-13-14(22-8(3)4)18-12-6-10(16)9(15(19)20)5-11(12)17-13/h5-8H,1-4H3,(H,19,20). The molecule has 22 heavy (non-hydrogen) atoms. The largest absolute Gasteiger partial charge is 0.478 e. The monoisotopic (exact) mass is 308 g/mol. The van der Waals surface area contributed by atoms with Crippen molar-refractivity contribution in [1.29, 1.82) is 0 Å². The number of carboxylic acid groups (broad SMARTS) is 1. The normalized spacial score (nSPS) is 11.2. The second kappa shape index (κ2) is 6.13. The first-order chi connectivity index (χ1) is 10.3. The van der Waals surface area contributed by atoms with E-state index >= 15 is 0 Å². The molecule has 0 unspecified atom stereocenters. The highest BCUT2D eigenvalue weighted by molar-refractivity contribution is 5.92. The van der Waals surface area contributed by atoms with Crippen LogP contribution in [0, 0.1) is 5.82 Å². The van der Waals surface area contributed by atoms with Crippen molar-refractivity contribution in [2.45, 2.75) is 39.9 Å². The maximum atomic E-state index is 13.8. The second-order valence-electron chi connectivity index (χ2n) is 5.29. The molecular formula is C15H17FN2O4. The van der Waals surface area contributed by atoms with Crippen LogP contribution >= 0.6 is 0 Å². The molecule has 0 bridgehead atoms. The molecule has 1 heterocycles. The van der Waals surface area contributed by atoms with Gasteiger partial charge in [0.05, 0.1) is 28.8 Å². The number of nitrogens with zero attached hydrogens (tertiary/aromatic N) is 2. The van der Waals surface area contributed by atoms with Crippen molar-refractivity contribution < 1.29 is 23.8 Å². The number of rotatable bonds is 5. The van der Waals surface area contributed by atoms with E-state index in [-0.39, 0.29) is 35.0 Å². The van der Waals surface area contributed by atoms with E-state index in [0.29, 0.717) is 0 Å². The first-order valence-corrected chi connectivity index (χ1v) is 6.85. The van der Waals surface area contributed by atoms with Crippen LogP contribution in [0.25, 0.3) is 11.0 Å². The summed E-state index contributed by atoms with van der Waals surface area (Å²) in [5.74, 6) is -1.94. The Morgan fingerprint density at radius 2 is 1.50 bits per heavy atom. The first-order valence-electron chi connectivity index (χ1n) is 6.85. The third kappa shape index (κ3) is 3.41. The van der Waals surface area contributed by atoms with Gasteiger partial charge in [-0.3, -0.25) is 0 Å². The zero-order valence-corrected chi connectivity index (χ0v) is 12.8. The van der Waals surface area contributed by atoms with Crippen LogP contribution in [0.4, 0.5) is 4.39 Å². The molecule has 1 aromatic heterocycles. The maximum absolute atomic E-state index is 13.8. The Labute approximate surface area is 126 Å². The number of ether oxygens (including phenoxy) is 2. The number of fused-ring (bicyclic) bond motifs is 1. The minimum absolute atomic E-state index is 0.152. The van der Waals surface area contributed by atoms with Gasteiger partial charge < -0.3 is 14.6 Å². The van der Waals surface area contributed by atoms with Crippen molar-refractivity contribution in [2.24, 2.45) is 0 Å². The predicted octanol–water partition coefficient (Wildman–Crippen LogP) is 3.04. The topological polar surface area (TPSA) is 81.5 Å². The zero-order valence-electron chi connectivity index (χ0n) is 12.8. The Morgan fingerprint density at radius 1 is 1.05 bits per heavy atom. The number of aromatic nitrogens is 2. The number of hydrogen-bond acceptors (Lipinski definition) is 5. The van der Waals surface area contributed by atoms with Gasteiger partial charge >= 0.3 is 5.97 Å². The predicted molar refractivity (Wildman–Crippen MR) is 78.0 cm³/mol. The van der Waals surface area contributed by atoms with Crippen LogP contribution in [0.1, 0.15) is 38.1 Å². The van der Waals surface area contributed by atoms with E-state index in [1.165, 1.54) is 0 Å². The third-order valence-corrected chi connectivity index (χ3v) is 2.62. The Balaban J connectivity index is 2.62. The molecule has 118 valence electrons. The van der Waals surface area contributed by atoms with Crippen molar-refractivity contribution in [3.63, 3.8) is 0 Å². The molecule has 0 amide bonds. The summed E-state index contributed by atoms with van der Waals surface area (Å²) >= 11 is 0. The lowest BCUT2D eigenvalue weighted by Gasteiger charge is -2.15. The van der Waals surface area contributed by atoms with Crippen LogP contribution in [0.5, 0.6) is 11.8 Å². The van der Waals surface area contributed by atoms with Crippen molar-refractivity contribution in [1.82, 2.24) is 9.97 Å². The van der Waals surface area contributed by atoms with E-state index in [1.807, 2.05) is 27.7 Å². The summed E-state index contributed by atoms with van der Waals surface area (Å²) in [6.07, 6.45) is -0.329. The molecule has 1 N–H and O–H groups in total. The summed E-state index contributed by atoms with van der Waals surface area (Å²) < 4.78 is 24.8. The molecule has 0 aliphatic rings. The van der Waals surface area contributed by atoms with E-state index < -0.39 is 17.3 Å². The summed E-state index contributed by atoms with van der Waals surface area (Å²) in [6, 6.07) is 2.16. The second-order valence-corrected chi connectivity index (χ2v) is 5.29. The number of aromatic carboxylic acids is 1. The van der Waals surface area contributed by atoms with Crippen molar-refractivity contribution in [3.8, 4) is 11.8 Å². The fraction of sp³-hybridized carbons (Fsp3) is 0.400. The van der Waals surface area contributed by atoms with Gasteiger partial charge in [0.25, 0.3) is 11.8 Å². The number of hydrogen-bond donors (Lipinski definition) is 1. The molecule has 0 atom stereocenters. The number of carboxylic acids is 1. The molecule has 2 aromatic rings. The Kier molecular flexibility index (Phi) is 4.44. The molecule has 0 saturated carbocycles. The summed E-state index contributed by atoms with van der Waals surface area (Å²) in [7, 11) is 0. The molecule has 2 rings (SSSR count). The van der Waals surface area contributed by atoms with Gasteiger partial charge in [-0.1, -0.05) is 0 Å². The zero-order chi connectivity index (χ0) is 16.4. The fourth-order valence-electron chi connectivity index (χ4n) is 1.81. The molecule has 0 radical (unpaired) electrons. The van der Waals surface area contributed by atoms with Gasteiger partial charge in [0.2, 0.25) is 0 Å². The van der Waals surface area contributed by atoms with Gasteiger partial charge in [-0.2, -0.15) is 0 Å². The van der Waals surface area contributed by atoms with Crippen molar-refractivity contribution in [2.75, 3.05) is 0 Å². The average Bonchev–Trinajstić information content (AvgIpc) is 2.37. The van der Waals surface area contributed by atoms with Gasteiger partial charge in [-0.05, 0) is 33.8 Å². The van der Waals surface area contributed by atoms with Crippen LogP contribution in [0.15, 0.2) is 12.1 Å². The van der Waals surface area contributed by atoms with Gasteiger partial charge in [0.1, 0.15) is 5.82 Å². The van der Waals surface area contributed by atoms with Crippen LogP contribution in [0.2, 0.25) is 0 Å². The Bertz CT molecular complexity index is 716. The van der Waals surface area contributed by atoms with E-state index in [0.717, 1.165) is 12.1 Å². The maximum Gasteiger partial charge on any atom is 0.338 e. The smallest absolute Gasteiger partial charge is 0.338 e. The summed E-state index contributed by atoms with van der Waals surface area (Å²) in [5, 5.41) is 8.97. The van der Waals surface area contributed by atoms with Gasteiger partial charge in [-0.15, -0.1) is 0 Å². The van der Waals surface area contributed by atoms with E-state index in [2.05, 4.69) is 9.97 Å².